The number of rotatable bonds is 7. The minimum atomic E-state index is -0.944. The van der Waals surface area contributed by atoms with Crippen molar-refractivity contribution in [2.24, 2.45) is 0 Å². The lowest BCUT2D eigenvalue weighted by atomic mass is 10.1. The first-order valence-electron chi connectivity index (χ1n) is 7.26. The van der Waals surface area contributed by atoms with Gasteiger partial charge in [-0.2, -0.15) is 0 Å². The molecule has 2 aromatic carbocycles. The van der Waals surface area contributed by atoms with Crippen LogP contribution in [-0.4, -0.2) is 18.2 Å². The van der Waals surface area contributed by atoms with Crippen molar-refractivity contribution in [2.75, 3.05) is 7.11 Å². The Morgan fingerprint density at radius 2 is 1.77 bits per heavy atom. The monoisotopic (exact) mass is 300 g/mol. The highest BCUT2D eigenvalue weighted by molar-refractivity contribution is 5.87. The summed E-state index contributed by atoms with van der Waals surface area (Å²) in [5.41, 5.74) is 2.40. The van der Waals surface area contributed by atoms with Crippen molar-refractivity contribution in [2.45, 2.75) is 26.4 Å². The number of benzene rings is 2. The molecule has 2 aromatic rings. The van der Waals surface area contributed by atoms with E-state index in [9.17, 15) is 4.79 Å². The molecule has 0 saturated carbocycles. The summed E-state index contributed by atoms with van der Waals surface area (Å²) in [6.07, 6.45) is 2.02. The lowest BCUT2D eigenvalue weighted by molar-refractivity contribution is 0.0697. The molecule has 0 aliphatic rings. The standard InChI is InChI=1S/C18H20O4/c1-3-5-13-6-4-7-15(17(13)21-2)12-22-16-10-8-14(9-11-16)18(19)20/h4,6-11H,3,5,12H2,1-2H3,(H,19,20). The van der Waals surface area contributed by atoms with E-state index in [0.29, 0.717) is 12.4 Å². The fourth-order valence-corrected chi connectivity index (χ4v) is 2.33. The Morgan fingerprint density at radius 3 is 2.36 bits per heavy atom. The quantitative estimate of drug-likeness (QED) is 0.842. The van der Waals surface area contributed by atoms with E-state index in [2.05, 4.69) is 13.0 Å². The van der Waals surface area contributed by atoms with Crippen LogP contribution in [0.15, 0.2) is 42.5 Å². The number of hydrogen-bond acceptors (Lipinski definition) is 3. The summed E-state index contributed by atoms with van der Waals surface area (Å²) in [6.45, 7) is 2.51. The number of carboxylic acid groups (broad SMARTS) is 1. The molecule has 0 saturated heterocycles. The van der Waals surface area contributed by atoms with Crippen LogP contribution in [0.2, 0.25) is 0 Å². The van der Waals surface area contributed by atoms with Gasteiger partial charge in [-0.15, -0.1) is 0 Å². The molecule has 0 aromatic heterocycles. The van der Waals surface area contributed by atoms with Crippen molar-refractivity contribution in [3.63, 3.8) is 0 Å². The minimum absolute atomic E-state index is 0.245. The molecular weight excluding hydrogens is 280 g/mol. The third kappa shape index (κ3) is 3.79. The number of hydrogen-bond donors (Lipinski definition) is 1. The van der Waals surface area contributed by atoms with Crippen LogP contribution >= 0.6 is 0 Å². The van der Waals surface area contributed by atoms with Gasteiger partial charge >= 0.3 is 5.97 Å². The van der Waals surface area contributed by atoms with E-state index in [4.69, 9.17) is 14.6 Å². The highest BCUT2D eigenvalue weighted by Crippen LogP contribution is 2.26. The molecule has 0 unspecified atom stereocenters. The van der Waals surface area contributed by atoms with Crippen molar-refractivity contribution in [3.8, 4) is 11.5 Å². The largest absolute Gasteiger partial charge is 0.496 e. The molecular formula is C18H20O4. The van der Waals surface area contributed by atoms with Gasteiger partial charge < -0.3 is 14.6 Å². The Bertz CT molecular complexity index is 632. The van der Waals surface area contributed by atoms with Crippen LogP contribution in [0.4, 0.5) is 0 Å². The summed E-state index contributed by atoms with van der Waals surface area (Å²) in [5, 5.41) is 8.88. The van der Waals surface area contributed by atoms with E-state index in [1.807, 2.05) is 12.1 Å². The molecule has 0 radical (unpaired) electrons. The van der Waals surface area contributed by atoms with Crippen LogP contribution < -0.4 is 9.47 Å². The topological polar surface area (TPSA) is 55.8 Å². The molecule has 1 N–H and O–H groups in total. The van der Waals surface area contributed by atoms with Crippen molar-refractivity contribution >= 4 is 5.97 Å². The van der Waals surface area contributed by atoms with Crippen LogP contribution in [0, 0.1) is 0 Å². The fourth-order valence-electron chi connectivity index (χ4n) is 2.33. The van der Waals surface area contributed by atoms with Gasteiger partial charge in [0.15, 0.2) is 0 Å². The second-order valence-electron chi connectivity index (χ2n) is 4.98. The Hall–Kier alpha value is -2.49. The number of para-hydroxylation sites is 1. The summed E-state index contributed by atoms with van der Waals surface area (Å²) in [4.78, 5) is 10.8. The molecule has 0 amide bonds. The van der Waals surface area contributed by atoms with Crippen molar-refractivity contribution in [3.05, 3.63) is 59.2 Å². The first-order valence-corrected chi connectivity index (χ1v) is 7.26. The van der Waals surface area contributed by atoms with E-state index >= 15 is 0 Å². The zero-order valence-electron chi connectivity index (χ0n) is 12.8. The zero-order valence-corrected chi connectivity index (χ0v) is 12.8. The van der Waals surface area contributed by atoms with E-state index in [1.54, 1.807) is 19.2 Å². The van der Waals surface area contributed by atoms with Crippen LogP contribution in [0.3, 0.4) is 0 Å². The highest BCUT2D eigenvalue weighted by atomic mass is 16.5. The SMILES string of the molecule is CCCc1cccc(COc2ccc(C(=O)O)cc2)c1OC. The molecule has 2 rings (SSSR count). The van der Waals surface area contributed by atoms with Gasteiger partial charge in [0.1, 0.15) is 18.1 Å². The second kappa shape index (κ2) is 7.50. The van der Waals surface area contributed by atoms with Gasteiger partial charge in [-0.3, -0.25) is 0 Å². The van der Waals surface area contributed by atoms with Gasteiger partial charge in [0.25, 0.3) is 0 Å². The third-order valence-corrected chi connectivity index (χ3v) is 3.40. The fraction of sp³-hybridized carbons (Fsp3) is 0.278. The van der Waals surface area contributed by atoms with Crippen LogP contribution in [0.25, 0.3) is 0 Å². The Labute approximate surface area is 130 Å². The number of ether oxygens (including phenoxy) is 2. The van der Waals surface area contributed by atoms with Crippen molar-refractivity contribution in [1.82, 2.24) is 0 Å². The first-order chi connectivity index (χ1) is 10.7. The van der Waals surface area contributed by atoms with Crippen molar-refractivity contribution < 1.29 is 19.4 Å². The predicted octanol–water partition coefficient (Wildman–Crippen LogP) is 3.92. The molecule has 0 heterocycles. The van der Waals surface area contributed by atoms with Gasteiger partial charge in [-0.1, -0.05) is 31.5 Å². The molecule has 116 valence electrons. The minimum Gasteiger partial charge on any atom is -0.496 e. The highest BCUT2D eigenvalue weighted by Gasteiger charge is 2.09. The summed E-state index contributed by atoms with van der Waals surface area (Å²) in [7, 11) is 1.67. The molecule has 22 heavy (non-hydrogen) atoms. The lowest BCUT2D eigenvalue weighted by Crippen LogP contribution is -2.02. The van der Waals surface area contributed by atoms with Gasteiger partial charge in [-0.05, 0) is 36.2 Å². The normalized spacial score (nSPS) is 10.3. The predicted molar refractivity (Wildman–Crippen MR) is 84.7 cm³/mol. The molecule has 0 bridgehead atoms. The number of aryl methyl sites for hydroxylation is 1. The maximum absolute atomic E-state index is 10.8. The Balaban J connectivity index is 2.10. The average Bonchev–Trinajstić information content (AvgIpc) is 2.53. The van der Waals surface area contributed by atoms with Gasteiger partial charge in [0, 0.05) is 5.56 Å². The number of methoxy groups -OCH3 is 1. The van der Waals surface area contributed by atoms with Crippen LogP contribution in [0.5, 0.6) is 11.5 Å². The van der Waals surface area contributed by atoms with E-state index in [-0.39, 0.29) is 5.56 Å². The summed E-state index contributed by atoms with van der Waals surface area (Å²) in [5.74, 6) is 0.555. The van der Waals surface area contributed by atoms with E-state index in [1.165, 1.54) is 17.7 Å². The Kier molecular flexibility index (Phi) is 5.42. The third-order valence-electron chi connectivity index (χ3n) is 3.40. The summed E-state index contributed by atoms with van der Waals surface area (Å²) in [6, 6.07) is 12.4. The van der Waals surface area contributed by atoms with Gasteiger partial charge in [-0.25, -0.2) is 4.79 Å². The second-order valence-corrected chi connectivity index (χ2v) is 4.98. The number of aromatic carboxylic acids is 1. The molecule has 0 fully saturated rings. The molecule has 0 aliphatic heterocycles. The van der Waals surface area contributed by atoms with E-state index in [0.717, 1.165) is 24.2 Å². The molecule has 0 atom stereocenters. The summed E-state index contributed by atoms with van der Waals surface area (Å²) < 4.78 is 11.2. The van der Waals surface area contributed by atoms with E-state index < -0.39 is 5.97 Å². The zero-order chi connectivity index (χ0) is 15.9. The smallest absolute Gasteiger partial charge is 0.335 e. The maximum atomic E-state index is 10.8. The lowest BCUT2D eigenvalue weighted by Gasteiger charge is -2.14. The van der Waals surface area contributed by atoms with Crippen LogP contribution in [-0.2, 0) is 13.0 Å². The molecule has 0 spiro atoms. The van der Waals surface area contributed by atoms with Crippen LogP contribution in [0.1, 0.15) is 34.8 Å². The average molecular weight is 300 g/mol. The van der Waals surface area contributed by atoms with Crippen molar-refractivity contribution in [1.29, 1.82) is 0 Å². The molecule has 4 heteroatoms. The van der Waals surface area contributed by atoms with Gasteiger partial charge in [0.2, 0.25) is 0 Å². The van der Waals surface area contributed by atoms with Gasteiger partial charge in [0.05, 0.1) is 12.7 Å². The first kappa shape index (κ1) is 15.9. The number of carbonyl (C=O) groups is 1. The maximum Gasteiger partial charge on any atom is 0.335 e. The molecule has 0 aliphatic carbocycles. The number of carboxylic acids is 1. The molecule has 4 nitrogen and oxygen atoms in total. The summed E-state index contributed by atoms with van der Waals surface area (Å²) >= 11 is 0. The Morgan fingerprint density at radius 1 is 1.09 bits per heavy atom.